The summed E-state index contributed by atoms with van der Waals surface area (Å²) in [6.45, 7) is 1.31. The van der Waals surface area contributed by atoms with Gasteiger partial charge in [0.25, 0.3) is 5.69 Å². The van der Waals surface area contributed by atoms with Gasteiger partial charge in [-0.2, -0.15) is 0 Å². The second-order valence-corrected chi connectivity index (χ2v) is 4.81. The first-order chi connectivity index (χ1) is 9.13. The molecule has 1 heterocycles. The van der Waals surface area contributed by atoms with E-state index in [-0.39, 0.29) is 11.7 Å². The number of rotatable bonds is 4. The minimum absolute atomic E-state index is 0.163. The number of halogens is 1. The van der Waals surface area contributed by atoms with Crippen LogP contribution in [0.1, 0.15) is 25.7 Å². The Morgan fingerprint density at radius 2 is 2.26 bits per heavy atom. The van der Waals surface area contributed by atoms with Gasteiger partial charge in [0.15, 0.2) is 0 Å². The second-order valence-electron chi connectivity index (χ2n) is 4.81. The molecule has 6 heteroatoms. The molecule has 0 spiro atoms. The van der Waals surface area contributed by atoms with Gasteiger partial charge in [0.05, 0.1) is 11.0 Å². The highest BCUT2D eigenvalue weighted by Gasteiger charge is 2.27. The van der Waals surface area contributed by atoms with E-state index >= 15 is 0 Å². The van der Waals surface area contributed by atoms with Crippen LogP contribution in [0.3, 0.4) is 0 Å². The van der Waals surface area contributed by atoms with Crippen molar-refractivity contribution in [3.63, 3.8) is 0 Å². The maximum absolute atomic E-state index is 13.2. The number of nitrogens with two attached hydrogens (primary N) is 1. The summed E-state index contributed by atoms with van der Waals surface area (Å²) in [5.41, 5.74) is 5.94. The molecule has 2 N–H and O–H groups in total. The van der Waals surface area contributed by atoms with E-state index in [1.165, 1.54) is 12.1 Å². The van der Waals surface area contributed by atoms with Crippen molar-refractivity contribution >= 4 is 11.4 Å². The topological polar surface area (TPSA) is 72.4 Å². The van der Waals surface area contributed by atoms with Crippen LogP contribution in [0, 0.1) is 15.9 Å². The molecule has 1 fully saturated rings. The molecule has 1 aliphatic rings. The average Bonchev–Trinajstić information content (AvgIpc) is 2.40. The molecule has 0 bridgehead atoms. The Bertz CT molecular complexity index is 465. The van der Waals surface area contributed by atoms with Crippen molar-refractivity contribution in [3.05, 3.63) is 34.1 Å². The standard InChI is InChI=1S/C13H18FN3O2/c14-10-4-5-12(13(9-10)17(18)19)16-8-2-1-3-11(16)6-7-15/h4-5,9,11H,1-3,6-8,15H2. The fourth-order valence-electron chi connectivity index (χ4n) is 2.70. The largest absolute Gasteiger partial charge is 0.363 e. The molecular formula is C13H18FN3O2. The summed E-state index contributed by atoms with van der Waals surface area (Å²) in [7, 11) is 0. The lowest BCUT2D eigenvalue weighted by atomic mass is 9.98. The highest BCUT2D eigenvalue weighted by molar-refractivity contribution is 5.64. The van der Waals surface area contributed by atoms with Gasteiger partial charge in [-0.25, -0.2) is 4.39 Å². The summed E-state index contributed by atoms with van der Waals surface area (Å²) in [4.78, 5) is 12.6. The number of hydrogen-bond donors (Lipinski definition) is 1. The van der Waals surface area contributed by atoms with Crippen LogP contribution in [-0.2, 0) is 0 Å². The predicted octanol–water partition coefficient (Wildman–Crippen LogP) is 2.44. The summed E-state index contributed by atoms with van der Waals surface area (Å²) in [5.74, 6) is -0.581. The molecule has 0 saturated carbocycles. The van der Waals surface area contributed by atoms with Crippen LogP contribution in [0.25, 0.3) is 0 Å². The van der Waals surface area contributed by atoms with Gasteiger partial charge in [0.1, 0.15) is 11.5 Å². The van der Waals surface area contributed by atoms with Crippen LogP contribution in [0.4, 0.5) is 15.8 Å². The molecule has 1 aromatic carbocycles. The Labute approximate surface area is 111 Å². The van der Waals surface area contributed by atoms with Gasteiger partial charge in [0.2, 0.25) is 0 Å². The summed E-state index contributed by atoms with van der Waals surface area (Å²) < 4.78 is 13.2. The Morgan fingerprint density at radius 1 is 1.47 bits per heavy atom. The summed E-state index contributed by atoms with van der Waals surface area (Å²) in [6.07, 6.45) is 3.88. The van der Waals surface area contributed by atoms with Crippen LogP contribution in [0.2, 0.25) is 0 Å². The third-order valence-electron chi connectivity index (χ3n) is 3.57. The monoisotopic (exact) mass is 267 g/mol. The van der Waals surface area contributed by atoms with E-state index in [1.807, 2.05) is 4.90 Å². The number of piperidine rings is 1. The van der Waals surface area contributed by atoms with Crippen molar-refractivity contribution in [2.45, 2.75) is 31.7 Å². The van der Waals surface area contributed by atoms with Crippen LogP contribution in [-0.4, -0.2) is 24.1 Å². The Kier molecular flexibility index (Phi) is 4.31. The minimum atomic E-state index is -0.581. The van der Waals surface area contributed by atoms with Crippen LogP contribution in [0.15, 0.2) is 18.2 Å². The lowest BCUT2D eigenvalue weighted by Crippen LogP contribution is -2.41. The quantitative estimate of drug-likeness (QED) is 0.671. The number of hydrogen-bond acceptors (Lipinski definition) is 4. The first-order valence-corrected chi connectivity index (χ1v) is 6.54. The molecule has 0 radical (unpaired) electrons. The zero-order valence-corrected chi connectivity index (χ0v) is 10.7. The van der Waals surface area contributed by atoms with E-state index in [2.05, 4.69) is 0 Å². The summed E-state index contributed by atoms with van der Waals surface area (Å²) in [6, 6.07) is 3.98. The average molecular weight is 267 g/mol. The van der Waals surface area contributed by atoms with E-state index in [0.29, 0.717) is 12.2 Å². The number of nitrogens with zero attached hydrogens (tertiary/aromatic N) is 2. The minimum Gasteiger partial charge on any atom is -0.363 e. The van der Waals surface area contributed by atoms with Crippen LogP contribution < -0.4 is 10.6 Å². The molecular weight excluding hydrogens is 249 g/mol. The van der Waals surface area contributed by atoms with E-state index in [4.69, 9.17) is 5.73 Å². The van der Waals surface area contributed by atoms with E-state index < -0.39 is 10.7 Å². The van der Waals surface area contributed by atoms with Crippen molar-refractivity contribution in [2.75, 3.05) is 18.0 Å². The first kappa shape index (κ1) is 13.7. The van der Waals surface area contributed by atoms with Gasteiger partial charge in [-0.3, -0.25) is 10.1 Å². The van der Waals surface area contributed by atoms with Gasteiger partial charge >= 0.3 is 0 Å². The van der Waals surface area contributed by atoms with Gasteiger partial charge in [-0.1, -0.05) is 0 Å². The van der Waals surface area contributed by atoms with Crippen molar-refractivity contribution < 1.29 is 9.31 Å². The van der Waals surface area contributed by atoms with Crippen LogP contribution >= 0.6 is 0 Å². The molecule has 1 aliphatic heterocycles. The van der Waals surface area contributed by atoms with Crippen molar-refractivity contribution in [3.8, 4) is 0 Å². The fraction of sp³-hybridized carbons (Fsp3) is 0.538. The maximum atomic E-state index is 13.2. The van der Waals surface area contributed by atoms with E-state index in [1.54, 1.807) is 0 Å². The predicted molar refractivity (Wildman–Crippen MR) is 71.7 cm³/mol. The van der Waals surface area contributed by atoms with Gasteiger partial charge in [-0.05, 0) is 44.4 Å². The molecule has 2 rings (SSSR count). The highest BCUT2D eigenvalue weighted by atomic mass is 19.1. The van der Waals surface area contributed by atoms with Gasteiger partial charge in [0, 0.05) is 12.6 Å². The molecule has 1 atom stereocenters. The number of nitro groups is 1. The Hall–Kier alpha value is -1.69. The zero-order chi connectivity index (χ0) is 13.8. The molecule has 19 heavy (non-hydrogen) atoms. The molecule has 1 unspecified atom stereocenters. The smallest absolute Gasteiger partial charge is 0.295 e. The van der Waals surface area contributed by atoms with Gasteiger partial charge < -0.3 is 10.6 Å². The lowest BCUT2D eigenvalue weighted by molar-refractivity contribution is -0.384. The maximum Gasteiger partial charge on any atom is 0.295 e. The third-order valence-corrected chi connectivity index (χ3v) is 3.57. The zero-order valence-electron chi connectivity index (χ0n) is 10.7. The first-order valence-electron chi connectivity index (χ1n) is 6.54. The highest BCUT2D eigenvalue weighted by Crippen LogP contribution is 2.34. The van der Waals surface area contributed by atoms with E-state index in [0.717, 1.165) is 38.3 Å². The van der Waals surface area contributed by atoms with Crippen molar-refractivity contribution in [1.82, 2.24) is 0 Å². The second kappa shape index (κ2) is 5.97. The molecule has 0 amide bonds. The summed E-state index contributed by atoms with van der Waals surface area (Å²) >= 11 is 0. The molecule has 0 aliphatic carbocycles. The molecule has 0 aromatic heterocycles. The third kappa shape index (κ3) is 3.01. The van der Waals surface area contributed by atoms with Crippen molar-refractivity contribution in [1.29, 1.82) is 0 Å². The van der Waals surface area contributed by atoms with Crippen LogP contribution in [0.5, 0.6) is 0 Å². The Balaban J connectivity index is 2.35. The molecule has 1 aromatic rings. The number of anilines is 1. The fourth-order valence-corrected chi connectivity index (χ4v) is 2.70. The molecule has 1 saturated heterocycles. The summed E-state index contributed by atoms with van der Waals surface area (Å²) in [5, 5.41) is 11.1. The number of benzene rings is 1. The molecule has 104 valence electrons. The Morgan fingerprint density at radius 3 is 2.95 bits per heavy atom. The number of nitro benzene ring substituents is 1. The normalized spacial score (nSPS) is 19.5. The van der Waals surface area contributed by atoms with Gasteiger partial charge in [-0.15, -0.1) is 0 Å². The lowest BCUT2D eigenvalue weighted by Gasteiger charge is -2.37. The van der Waals surface area contributed by atoms with E-state index in [9.17, 15) is 14.5 Å². The SMILES string of the molecule is NCCC1CCCCN1c1ccc(F)cc1[N+](=O)[O-]. The molecule has 5 nitrogen and oxygen atoms in total. The van der Waals surface area contributed by atoms with Crippen molar-refractivity contribution in [2.24, 2.45) is 5.73 Å².